The van der Waals surface area contributed by atoms with Gasteiger partial charge in [0.15, 0.2) is 5.82 Å². The van der Waals surface area contributed by atoms with E-state index in [1.165, 1.54) is 0 Å². The predicted octanol–water partition coefficient (Wildman–Crippen LogP) is 16.4. The Morgan fingerprint density at radius 2 is 0.775 bits per heavy atom. The first-order valence-electron chi connectivity index (χ1n) is 22.7. The van der Waals surface area contributed by atoms with E-state index in [2.05, 4.69) is 121 Å². The van der Waals surface area contributed by atoms with E-state index in [4.69, 9.17) is 23.1 Å². The smallest absolute Gasteiger partial charge is 0.200 e. The molecule has 0 aliphatic rings. The van der Waals surface area contributed by atoms with E-state index in [1.807, 2.05) is 91.0 Å². The van der Waals surface area contributed by atoms with Crippen molar-refractivity contribution in [2.24, 2.45) is 0 Å². The third-order valence-corrected chi connectivity index (χ3v) is 12.4. The average molecular weight is 908 g/mol. The third kappa shape index (κ3) is 8.11. The highest BCUT2D eigenvalue weighted by molar-refractivity contribution is 6.13. The van der Waals surface area contributed by atoms with E-state index >= 15 is 0 Å². The summed E-state index contributed by atoms with van der Waals surface area (Å²) < 4.78 is 2.05. The van der Waals surface area contributed by atoms with Crippen LogP contribution in [0.3, 0.4) is 0 Å². The Hall–Kier alpha value is -10.6. The normalized spacial score (nSPS) is 10.8. The molecule has 0 N–H and O–H groups in total. The second kappa shape index (κ2) is 18.6. The number of rotatable bonds is 10. The summed E-state index contributed by atoms with van der Waals surface area (Å²) in [7, 11) is 0. The Kier molecular flexibility index (Phi) is 11.3. The van der Waals surface area contributed by atoms with Crippen molar-refractivity contribution in [3.8, 4) is 51.7 Å². The quantitative estimate of drug-likeness (QED) is 0.127. The molecule has 9 aromatic carbocycles. The van der Waals surface area contributed by atoms with Gasteiger partial charge < -0.3 is 14.4 Å². The van der Waals surface area contributed by atoms with Crippen molar-refractivity contribution in [3.05, 3.63) is 258 Å². The minimum atomic E-state index is 0.268. The van der Waals surface area contributed by atoms with E-state index in [0.717, 1.165) is 61.5 Å². The number of anilines is 6. The summed E-state index contributed by atoms with van der Waals surface area (Å²) >= 11 is 0. The van der Waals surface area contributed by atoms with Crippen LogP contribution in [0.4, 0.5) is 45.5 Å². The highest BCUT2D eigenvalue weighted by Gasteiger charge is 2.24. The second-order valence-corrected chi connectivity index (χ2v) is 16.7. The first kappa shape index (κ1) is 43.0. The van der Waals surface area contributed by atoms with Gasteiger partial charge in [0.2, 0.25) is 11.4 Å². The van der Waals surface area contributed by atoms with Gasteiger partial charge >= 0.3 is 0 Å². The number of hydrogen-bond acceptors (Lipinski definition) is 6. The average Bonchev–Trinajstić information content (AvgIpc) is 3.76. The van der Waals surface area contributed by atoms with Gasteiger partial charge in [-0.25, -0.2) is 19.7 Å². The summed E-state index contributed by atoms with van der Waals surface area (Å²) in [6.07, 6.45) is 0. The number of benzene rings is 9. The van der Waals surface area contributed by atoms with Gasteiger partial charge in [-0.05, 0) is 145 Å². The molecular formula is C62H37N9. The van der Waals surface area contributed by atoms with Crippen molar-refractivity contribution in [1.29, 1.82) is 10.5 Å². The Morgan fingerprint density at radius 3 is 1.15 bits per heavy atom. The summed E-state index contributed by atoms with van der Waals surface area (Å²) in [4.78, 5) is 22.7. The molecule has 0 aliphatic heterocycles. The molecule has 71 heavy (non-hydrogen) atoms. The fraction of sp³-hybridized carbons (Fsp3) is 0. The number of hydrogen-bond donors (Lipinski definition) is 0. The lowest BCUT2D eigenvalue weighted by atomic mass is 10.0. The van der Waals surface area contributed by atoms with Crippen LogP contribution in [-0.2, 0) is 0 Å². The molecule has 0 saturated heterocycles. The van der Waals surface area contributed by atoms with Gasteiger partial charge in [0.1, 0.15) is 0 Å². The van der Waals surface area contributed by atoms with Gasteiger partial charge in [-0.1, -0.05) is 84.9 Å². The van der Waals surface area contributed by atoms with E-state index in [0.29, 0.717) is 45.2 Å². The second-order valence-electron chi connectivity index (χ2n) is 16.7. The molecule has 330 valence electrons. The zero-order chi connectivity index (χ0) is 48.3. The summed E-state index contributed by atoms with van der Waals surface area (Å²) in [5.41, 5.74) is 12.6. The van der Waals surface area contributed by atoms with Gasteiger partial charge in [-0.15, -0.1) is 0 Å². The van der Waals surface area contributed by atoms with E-state index < -0.39 is 0 Å². The van der Waals surface area contributed by atoms with Crippen LogP contribution in [0.5, 0.6) is 0 Å². The minimum Gasteiger partial charge on any atom is -0.329 e. The zero-order valence-electron chi connectivity index (χ0n) is 37.9. The number of fused-ring (bicyclic) bond motifs is 3. The highest BCUT2D eigenvalue weighted by Crippen LogP contribution is 2.47. The van der Waals surface area contributed by atoms with Crippen molar-refractivity contribution in [2.75, 3.05) is 9.80 Å². The molecule has 9 heteroatoms. The Labute approximate surface area is 410 Å². The number of nitriles is 2. The van der Waals surface area contributed by atoms with Crippen LogP contribution < -0.4 is 9.80 Å². The first-order valence-corrected chi connectivity index (χ1v) is 22.7. The molecule has 11 aromatic rings. The molecule has 0 unspecified atom stereocenters. The lowest BCUT2D eigenvalue weighted by molar-refractivity contribution is 1.17. The standard InChI is InChI=1S/C62H37N9/c1-65-57-35-46(56-39-55(44-27-23-42(40-63)24-28-44)67-62(68-56)45-29-25-43(41-64)26-30-45)36-58(66-2)61(57)71-59-33-31-51(69(47-15-7-3-8-16-47)48-17-9-4-10-18-48)37-53(59)54-38-52(32-34-60(54)71)70(49-19-11-5-12-20-49)50-21-13-6-14-22-50/h3-39H. The van der Waals surface area contributed by atoms with Crippen LogP contribution in [-0.4, -0.2) is 14.5 Å². The van der Waals surface area contributed by atoms with Gasteiger partial charge in [0.25, 0.3) is 0 Å². The lowest BCUT2D eigenvalue weighted by Crippen LogP contribution is -2.09. The van der Waals surface area contributed by atoms with Gasteiger partial charge in [0, 0.05) is 56.0 Å². The number of para-hydroxylation sites is 4. The monoisotopic (exact) mass is 907 g/mol. The predicted molar refractivity (Wildman–Crippen MR) is 284 cm³/mol. The molecule has 0 bridgehead atoms. The fourth-order valence-corrected chi connectivity index (χ4v) is 9.15. The van der Waals surface area contributed by atoms with E-state index in [-0.39, 0.29) is 11.4 Å². The van der Waals surface area contributed by atoms with Crippen molar-refractivity contribution < 1.29 is 0 Å². The Balaban J connectivity index is 1.15. The van der Waals surface area contributed by atoms with Gasteiger partial charge in [0.05, 0.1) is 64.5 Å². The summed E-state index contributed by atoms with van der Waals surface area (Å²) in [5, 5.41) is 20.9. The molecule has 0 fully saturated rings. The zero-order valence-corrected chi connectivity index (χ0v) is 37.9. The van der Waals surface area contributed by atoms with Crippen LogP contribution in [0.2, 0.25) is 0 Å². The van der Waals surface area contributed by atoms with Crippen molar-refractivity contribution in [2.45, 2.75) is 0 Å². The van der Waals surface area contributed by atoms with Crippen LogP contribution in [0, 0.1) is 35.8 Å². The Morgan fingerprint density at radius 1 is 0.394 bits per heavy atom. The van der Waals surface area contributed by atoms with Crippen molar-refractivity contribution >= 4 is 67.3 Å². The molecule has 0 spiro atoms. The topological polar surface area (TPSA) is 93.5 Å². The molecule has 0 saturated carbocycles. The van der Waals surface area contributed by atoms with E-state index in [1.54, 1.807) is 48.5 Å². The van der Waals surface area contributed by atoms with Gasteiger partial charge in [-0.2, -0.15) is 10.5 Å². The van der Waals surface area contributed by atoms with Crippen molar-refractivity contribution in [3.63, 3.8) is 0 Å². The third-order valence-electron chi connectivity index (χ3n) is 12.4. The maximum absolute atomic E-state index is 9.52. The molecule has 0 amide bonds. The maximum atomic E-state index is 9.52. The molecule has 0 atom stereocenters. The number of nitrogens with zero attached hydrogens (tertiary/aromatic N) is 9. The number of aromatic nitrogens is 3. The van der Waals surface area contributed by atoms with Crippen molar-refractivity contribution in [1.82, 2.24) is 14.5 Å². The molecule has 9 nitrogen and oxygen atoms in total. The molecule has 2 heterocycles. The molecule has 11 rings (SSSR count). The van der Waals surface area contributed by atoms with Crippen LogP contribution in [0.1, 0.15) is 11.1 Å². The SMILES string of the molecule is [C-]#[N+]c1cc(-c2cc(-c3ccc(C#N)cc3)nc(-c3ccc(C#N)cc3)n2)cc([N+]#[C-])c1-n1c2ccc(N(c3ccccc3)c3ccccc3)cc2c2cc(N(c3ccccc3)c3ccccc3)ccc21. The lowest BCUT2D eigenvalue weighted by Gasteiger charge is -2.26. The fourth-order valence-electron chi connectivity index (χ4n) is 9.15. The van der Waals surface area contributed by atoms with Crippen LogP contribution in [0.25, 0.3) is 71.1 Å². The highest BCUT2D eigenvalue weighted by atomic mass is 15.2. The summed E-state index contributed by atoms with van der Waals surface area (Å²) in [6, 6.07) is 77.8. The molecular weight excluding hydrogens is 871 g/mol. The largest absolute Gasteiger partial charge is 0.329 e. The minimum absolute atomic E-state index is 0.268. The summed E-state index contributed by atoms with van der Waals surface area (Å²) in [6.45, 7) is 17.5. The van der Waals surface area contributed by atoms with E-state index in [9.17, 15) is 10.5 Å². The van der Waals surface area contributed by atoms with Gasteiger partial charge in [-0.3, -0.25) is 0 Å². The molecule has 2 aromatic heterocycles. The molecule has 0 radical (unpaired) electrons. The van der Waals surface area contributed by atoms with Crippen LogP contribution in [0.15, 0.2) is 224 Å². The maximum Gasteiger partial charge on any atom is 0.200 e. The summed E-state index contributed by atoms with van der Waals surface area (Å²) in [5.74, 6) is 0.401. The first-order chi connectivity index (χ1) is 35.0. The van der Waals surface area contributed by atoms with Crippen LogP contribution >= 0.6 is 0 Å². The Bertz CT molecular complexity index is 3630. The molecule has 0 aliphatic carbocycles.